The Bertz CT molecular complexity index is 469. The van der Waals surface area contributed by atoms with Crippen LogP contribution in [0.3, 0.4) is 0 Å². The largest absolute Gasteiger partial charge is 0.748 e. The van der Waals surface area contributed by atoms with Gasteiger partial charge in [0.05, 0.1) is 43.4 Å². The number of ether oxygens (including phenoxy) is 1. The van der Waals surface area contributed by atoms with E-state index < -0.39 is 27.9 Å². The zero-order valence-electron chi connectivity index (χ0n) is 13.6. The Hall–Kier alpha value is -1.19. The predicted molar refractivity (Wildman–Crippen MR) is 79.9 cm³/mol. The Morgan fingerprint density at radius 1 is 1.27 bits per heavy atom. The van der Waals surface area contributed by atoms with E-state index in [1.807, 2.05) is 28.1 Å². The summed E-state index contributed by atoms with van der Waals surface area (Å²) in [6, 6.07) is 0. The molecule has 0 aromatic rings. The molecule has 0 aliphatic carbocycles. The van der Waals surface area contributed by atoms with E-state index in [0.29, 0.717) is 17.4 Å². The number of nitrogens with one attached hydrogen (secondary N) is 1. The molecule has 22 heavy (non-hydrogen) atoms. The van der Waals surface area contributed by atoms with E-state index in [2.05, 4.69) is 5.32 Å². The maximum atomic E-state index is 11.8. The van der Waals surface area contributed by atoms with E-state index >= 15 is 0 Å². The van der Waals surface area contributed by atoms with Crippen molar-refractivity contribution in [3.8, 4) is 0 Å². The fourth-order valence-electron chi connectivity index (χ4n) is 1.80. The molecule has 0 unspecified atom stereocenters. The molecule has 0 aliphatic heterocycles. The van der Waals surface area contributed by atoms with Crippen molar-refractivity contribution >= 4 is 22.0 Å². The molecule has 1 atom stereocenters. The highest BCUT2D eigenvalue weighted by molar-refractivity contribution is 7.85. The van der Waals surface area contributed by atoms with Gasteiger partial charge in [-0.15, -0.1) is 0 Å². The summed E-state index contributed by atoms with van der Waals surface area (Å²) in [5, 5.41) is 2.34. The first-order valence-corrected chi connectivity index (χ1v) is 8.71. The lowest BCUT2D eigenvalue weighted by Crippen LogP contribution is -2.45. The molecule has 0 radical (unpaired) electrons. The normalized spacial score (nSPS) is 13.5. The average Bonchev–Trinajstić information content (AvgIpc) is 2.24. The molecular weight excluding hydrogens is 312 g/mol. The van der Waals surface area contributed by atoms with Crippen molar-refractivity contribution in [2.75, 3.05) is 40.0 Å². The number of rotatable bonds is 10. The van der Waals surface area contributed by atoms with Crippen LogP contribution in [-0.2, 0) is 24.4 Å². The minimum absolute atomic E-state index is 0.0656. The molecule has 1 amide bonds. The molecule has 0 aromatic carbocycles. The lowest BCUT2D eigenvalue weighted by molar-refractivity contribution is -0.873. The number of nitrogens with zero attached hydrogens (tertiary/aromatic N) is 1. The van der Waals surface area contributed by atoms with Gasteiger partial charge < -0.3 is 19.1 Å². The summed E-state index contributed by atoms with van der Waals surface area (Å²) in [7, 11) is 1.36. The van der Waals surface area contributed by atoms with E-state index in [1.54, 1.807) is 0 Å². The van der Waals surface area contributed by atoms with E-state index in [9.17, 15) is 22.6 Å². The fourth-order valence-corrected chi connectivity index (χ4v) is 2.15. The number of hydrogen-bond acceptors (Lipinski definition) is 6. The van der Waals surface area contributed by atoms with Gasteiger partial charge in [0.2, 0.25) is 5.91 Å². The van der Waals surface area contributed by atoms with E-state index in [4.69, 9.17) is 4.74 Å². The highest BCUT2D eigenvalue weighted by atomic mass is 32.2. The van der Waals surface area contributed by atoms with Crippen molar-refractivity contribution < 1.29 is 31.8 Å². The topological polar surface area (TPSA) is 113 Å². The lowest BCUT2D eigenvalue weighted by Gasteiger charge is -2.28. The molecular formula is C13H26N2O6S. The van der Waals surface area contributed by atoms with Crippen molar-refractivity contribution in [1.29, 1.82) is 0 Å². The van der Waals surface area contributed by atoms with Crippen molar-refractivity contribution in [2.24, 2.45) is 0 Å². The monoisotopic (exact) mass is 338 g/mol. The minimum atomic E-state index is -4.36. The van der Waals surface area contributed by atoms with Gasteiger partial charge in [0.25, 0.3) is 0 Å². The second-order valence-corrected chi connectivity index (χ2v) is 7.67. The Balaban J connectivity index is 4.49. The summed E-state index contributed by atoms with van der Waals surface area (Å²) in [6.07, 6.45) is 0.278. The number of likely N-dealkylation sites (N-methyl/N-ethyl adjacent to an activating group) is 1. The third kappa shape index (κ3) is 12.5. The van der Waals surface area contributed by atoms with E-state index in [-0.39, 0.29) is 25.4 Å². The first-order chi connectivity index (χ1) is 9.93. The number of carbonyl (C=O) groups is 2. The van der Waals surface area contributed by atoms with Gasteiger partial charge in [-0.2, -0.15) is 0 Å². The molecule has 9 heteroatoms. The van der Waals surface area contributed by atoms with Crippen molar-refractivity contribution in [2.45, 2.75) is 32.3 Å². The molecule has 0 spiro atoms. The maximum absolute atomic E-state index is 11.8. The van der Waals surface area contributed by atoms with Gasteiger partial charge in [0.1, 0.15) is 6.54 Å². The summed E-state index contributed by atoms with van der Waals surface area (Å²) in [4.78, 5) is 23.3. The van der Waals surface area contributed by atoms with Gasteiger partial charge in [-0.25, -0.2) is 8.42 Å². The molecule has 8 nitrogen and oxygen atoms in total. The predicted octanol–water partition coefficient (Wildman–Crippen LogP) is -0.544. The quantitative estimate of drug-likeness (QED) is 0.325. The fraction of sp³-hybridized carbons (Fsp3) is 0.846. The van der Waals surface area contributed by atoms with Crippen LogP contribution in [0, 0.1) is 0 Å². The van der Waals surface area contributed by atoms with Crippen LogP contribution in [0.1, 0.15) is 26.2 Å². The SMILES string of the molecule is CCCC(=O)O[C@H](CC(=O)NCCS(=O)(=O)[O-])C[N+](C)(C)C. The molecule has 0 saturated heterocycles. The highest BCUT2D eigenvalue weighted by Crippen LogP contribution is 2.07. The van der Waals surface area contributed by atoms with Crippen LogP contribution in [-0.4, -0.2) is 75.4 Å². The van der Waals surface area contributed by atoms with E-state index in [1.165, 1.54) is 0 Å². The van der Waals surface area contributed by atoms with Crippen molar-refractivity contribution in [3.63, 3.8) is 0 Å². The zero-order valence-corrected chi connectivity index (χ0v) is 14.4. The third-order valence-electron chi connectivity index (χ3n) is 2.59. The van der Waals surface area contributed by atoms with Gasteiger partial charge in [-0.3, -0.25) is 9.59 Å². The standard InChI is InChI=1S/C13H26N2O6S/c1-5-6-13(17)21-11(10-15(2,3)4)9-12(16)14-7-8-22(18,19)20/h11H,5-10H2,1-4H3,(H-,14,16,18,19,20)/t11-/m1/s1. The number of hydrogen-bond donors (Lipinski definition) is 1. The minimum Gasteiger partial charge on any atom is -0.748 e. The first-order valence-electron chi connectivity index (χ1n) is 7.13. The Morgan fingerprint density at radius 2 is 1.86 bits per heavy atom. The van der Waals surface area contributed by atoms with Crippen molar-refractivity contribution in [3.05, 3.63) is 0 Å². The lowest BCUT2D eigenvalue weighted by atomic mass is 10.2. The van der Waals surface area contributed by atoms with Crippen LogP contribution in [0.25, 0.3) is 0 Å². The van der Waals surface area contributed by atoms with Gasteiger partial charge in [-0.05, 0) is 6.42 Å². The summed E-state index contributed by atoms with van der Waals surface area (Å²) in [5.74, 6) is -1.48. The van der Waals surface area contributed by atoms with Crippen LogP contribution < -0.4 is 5.32 Å². The Kier molecular flexibility index (Phi) is 8.57. The summed E-state index contributed by atoms with van der Waals surface area (Å²) < 4.78 is 37.2. The maximum Gasteiger partial charge on any atom is 0.306 e. The van der Waals surface area contributed by atoms with Crippen molar-refractivity contribution in [1.82, 2.24) is 5.32 Å². The first kappa shape index (κ1) is 20.8. The summed E-state index contributed by atoms with van der Waals surface area (Å²) in [5.41, 5.74) is 0. The van der Waals surface area contributed by atoms with Gasteiger partial charge >= 0.3 is 5.97 Å². The molecule has 130 valence electrons. The van der Waals surface area contributed by atoms with Gasteiger partial charge in [0.15, 0.2) is 6.10 Å². The second kappa shape index (κ2) is 9.06. The zero-order chi connectivity index (χ0) is 17.4. The molecule has 0 bridgehead atoms. The molecule has 0 fully saturated rings. The van der Waals surface area contributed by atoms with Crippen LogP contribution in [0.2, 0.25) is 0 Å². The van der Waals surface area contributed by atoms with Crippen LogP contribution in [0.15, 0.2) is 0 Å². The summed E-state index contributed by atoms with van der Waals surface area (Å²) in [6.45, 7) is 2.06. The number of amides is 1. The molecule has 0 saturated carbocycles. The van der Waals surface area contributed by atoms with Crippen LogP contribution in [0.5, 0.6) is 0 Å². The molecule has 0 heterocycles. The number of quaternary nitrogens is 1. The van der Waals surface area contributed by atoms with Gasteiger partial charge in [-0.1, -0.05) is 6.92 Å². The number of esters is 1. The molecule has 1 N–H and O–H groups in total. The number of carbonyl (C=O) groups excluding carboxylic acids is 2. The Morgan fingerprint density at radius 3 is 2.32 bits per heavy atom. The third-order valence-corrected chi connectivity index (χ3v) is 3.30. The smallest absolute Gasteiger partial charge is 0.306 e. The molecule has 0 rings (SSSR count). The second-order valence-electron chi connectivity index (χ2n) is 6.15. The average molecular weight is 338 g/mol. The highest BCUT2D eigenvalue weighted by Gasteiger charge is 2.24. The van der Waals surface area contributed by atoms with Crippen LogP contribution in [0.4, 0.5) is 0 Å². The summed E-state index contributed by atoms with van der Waals surface area (Å²) >= 11 is 0. The van der Waals surface area contributed by atoms with Gasteiger partial charge in [0, 0.05) is 13.0 Å². The van der Waals surface area contributed by atoms with E-state index in [0.717, 1.165) is 0 Å². The Labute approximate surface area is 132 Å². The van der Waals surface area contributed by atoms with Crippen LogP contribution >= 0.6 is 0 Å². The molecule has 0 aromatic heterocycles. The molecule has 0 aliphatic rings.